The standard InChI is InChI=1S/C14H15ClN2O3/c1-9-10(7-8-13(18)19)14(20-2)17(16-9)12-6-4-3-5-11(12)15/h3-6H,7-8H2,1-2H3,(H,18,19). The molecule has 0 amide bonds. The first kappa shape index (κ1) is 14.4. The van der Waals surface area contributed by atoms with Gasteiger partial charge in [-0.25, -0.2) is 0 Å². The lowest BCUT2D eigenvalue weighted by molar-refractivity contribution is -0.136. The third-order valence-corrected chi connectivity index (χ3v) is 3.32. The first-order chi connectivity index (χ1) is 9.54. The highest BCUT2D eigenvalue weighted by Crippen LogP contribution is 2.30. The Balaban J connectivity index is 2.48. The summed E-state index contributed by atoms with van der Waals surface area (Å²) in [4.78, 5) is 10.7. The third kappa shape index (κ3) is 2.77. The SMILES string of the molecule is COc1c(CCC(=O)O)c(C)nn1-c1ccccc1Cl. The Morgan fingerprint density at radius 3 is 2.75 bits per heavy atom. The van der Waals surface area contributed by atoms with Crippen LogP contribution in [0.4, 0.5) is 0 Å². The number of hydrogen-bond donors (Lipinski definition) is 1. The van der Waals surface area contributed by atoms with Crippen LogP contribution >= 0.6 is 11.6 Å². The predicted octanol–water partition coefficient (Wildman–Crippen LogP) is 2.86. The van der Waals surface area contributed by atoms with Crippen LogP contribution in [0.5, 0.6) is 5.88 Å². The van der Waals surface area contributed by atoms with E-state index < -0.39 is 5.97 Å². The highest BCUT2D eigenvalue weighted by molar-refractivity contribution is 6.32. The van der Waals surface area contributed by atoms with Gasteiger partial charge in [-0.05, 0) is 25.5 Å². The quantitative estimate of drug-likeness (QED) is 0.921. The Morgan fingerprint density at radius 2 is 2.15 bits per heavy atom. The summed E-state index contributed by atoms with van der Waals surface area (Å²) in [6.45, 7) is 1.83. The molecule has 0 aliphatic heterocycles. The number of aliphatic carboxylic acids is 1. The fraction of sp³-hybridized carbons (Fsp3) is 0.286. The molecule has 0 radical (unpaired) electrons. The molecule has 20 heavy (non-hydrogen) atoms. The van der Waals surface area contributed by atoms with Gasteiger partial charge in [0.05, 0.1) is 23.5 Å². The molecule has 1 aromatic heterocycles. The third-order valence-electron chi connectivity index (χ3n) is 3.00. The molecule has 5 nitrogen and oxygen atoms in total. The molecule has 0 saturated heterocycles. The largest absolute Gasteiger partial charge is 0.481 e. The van der Waals surface area contributed by atoms with E-state index in [0.29, 0.717) is 23.0 Å². The van der Waals surface area contributed by atoms with E-state index in [0.717, 1.165) is 11.3 Å². The maximum atomic E-state index is 10.7. The van der Waals surface area contributed by atoms with Gasteiger partial charge in [0.2, 0.25) is 5.88 Å². The summed E-state index contributed by atoms with van der Waals surface area (Å²) in [5.41, 5.74) is 2.23. The van der Waals surface area contributed by atoms with Gasteiger partial charge in [0.15, 0.2) is 0 Å². The number of para-hydroxylation sites is 1. The van der Waals surface area contributed by atoms with Crippen molar-refractivity contribution in [3.8, 4) is 11.6 Å². The fourth-order valence-corrected chi connectivity index (χ4v) is 2.27. The van der Waals surface area contributed by atoms with E-state index in [4.69, 9.17) is 21.4 Å². The number of hydrogen-bond acceptors (Lipinski definition) is 3. The Hall–Kier alpha value is -2.01. The highest BCUT2D eigenvalue weighted by atomic mass is 35.5. The van der Waals surface area contributed by atoms with Gasteiger partial charge >= 0.3 is 5.97 Å². The van der Waals surface area contributed by atoms with Gasteiger partial charge < -0.3 is 9.84 Å². The van der Waals surface area contributed by atoms with E-state index in [9.17, 15) is 4.79 Å². The number of carbonyl (C=O) groups is 1. The number of carboxylic acids is 1. The van der Waals surface area contributed by atoms with Gasteiger partial charge in [-0.15, -0.1) is 0 Å². The van der Waals surface area contributed by atoms with Gasteiger partial charge in [0, 0.05) is 12.0 Å². The van der Waals surface area contributed by atoms with Crippen LogP contribution in [0.15, 0.2) is 24.3 Å². The van der Waals surface area contributed by atoms with Crippen LogP contribution in [-0.2, 0) is 11.2 Å². The molecule has 1 heterocycles. The van der Waals surface area contributed by atoms with Crippen LogP contribution in [0.2, 0.25) is 5.02 Å². The fourth-order valence-electron chi connectivity index (χ4n) is 2.05. The molecular weight excluding hydrogens is 280 g/mol. The van der Waals surface area contributed by atoms with Gasteiger partial charge in [-0.1, -0.05) is 23.7 Å². The predicted molar refractivity (Wildman–Crippen MR) is 75.8 cm³/mol. The molecule has 2 rings (SSSR count). The first-order valence-electron chi connectivity index (χ1n) is 6.13. The molecule has 106 valence electrons. The Kier molecular flexibility index (Phi) is 4.29. The van der Waals surface area contributed by atoms with Crippen LogP contribution < -0.4 is 4.74 Å². The van der Waals surface area contributed by atoms with Gasteiger partial charge in [0.1, 0.15) is 0 Å². The van der Waals surface area contributed by atoms with E-state index in [2.05, 4.69) is 5.10 Å². The molecule has 0 saturated carbocycles. The zero-order valence-electron chi connectivity index (χ0n) is 11.3. The smallest absolute Gasteiger partial charge is 0.303 e. The van der Waals surface area contributed by atoms with Crippen LogP contribution in [-0.4, -0.2) is 28.0 Å². The summed E-state index contributed by atoms with van der Waals surface area (Å²) in [7, 11) is 1.54. The van der Waals surface area contributed by atoms with Crippen LogP contribution in [0.25, 0.3) is 5.69 Å². The summed E-state index contributed by atoms with van der Waals surface area (Å²) >= 11 is 6.17. The van der Waals surface area contributed by atoms with Crippen LogP contribution in [0.3, 0.4) is 0 Å². The maximum Gasteiger partial charge on any atom is 0.303 e. The average molecular weight is 295 g/mol. The lowest BCUT2D eigenvalue weighted by Gasteiger charge is -2.09. The second kappa shape index (κ2) is 5.96. The summed E-state index contributed by atoms with van der Waals surface area (Å²) in [5, 5.41) is 13.8. The van der Waals surface area contributed by atoms with E-state index >= 15 is 0 Å². The molecule has 0 atom stereocenters. The van der Waals surface area contributed by atoms with Crippen molar-refractivity contribution in [2.24, 2.45) is 0 Å². The summed E-state index contributed by atoms with van der Waals surface area (Å²) < 4.78 is 6.99. The van der Waals surface area contributed by atoms with Crippen molar-refractivity contribution in [1.29, 1.82) is 0 Å². The molecule has 0 unspecified atom stereocenters. The number of benzene rings is 1. The van der Waals surface area contributed by atoms with E-state index in [1.807, 2.05) is 25.1 Å². The number of methoxy groups -OCH3 is 1. The molecule has 0 fully saturated rings. The Bertz CT molecular complexity index is 637. The van der Waals surface area contributed by atoms with Crippen molar-refractivity contribution < 1.29 is 14.6 Å². The van der Waals surface area contributed by atoms with E-state index in [-0.39, 0.29) is 6.42 Å². The average Bonchev–Trinajstić information content (AvgIpc) is 2.73. The van der Waals surface area contributed by atoms with Crippen molar-refractivity contribution in [2.45, 2.75) is 19.8 Å². The zero-order valence-corrected chi connectivity index (χ0v) is 12.0. The van der Waals surface area contributed by atoms with Gasteiger partial charge in [-0.2, -0.15) is 9.78 Å². The number of aromatic nitrogens is 2. The molecule has 6 heteroatoms. The van der Waals surface area contributed by atoms with Crippen molar-refractivity contribution in [3.63, 3.8) is 0 Å². The van der Waals surface area contributed by atoms with Crippen molar-refractivity contribution in [2.75, 3.05) is 7.11 Å². The van der Waals surface area contributed by atoms with E-state index in [1.54, 1.807) is 10.7 Å². The molecule has 0 aliphatic carbocycles. The molecular formula is C14H15ClN2O3. The molecule has 0 aliphatic rings. The minimum atomic E-state index is -0.850. The number of ether oxygens (including phenoxy) is 1. The highest BCUT2D eigenvalue weighted by Gasteiger charge is 2.19. The van der Waals surface area contributed by atoms with Crippen LogP contribution in [0.1, 0.15) is 17.7 Å². The minimum Gasteiger partial charge on any atom is -0.481 e. The summed E-state index contributed by atoms with van der Waals surface area (Å²) in [5.74, 6) is -0.325. The maximum absolute atomic E-state index is 10.7. The normalized spacial score (nSPS) is 10.6. The Labute approximate surface area is 121 Å². The number of carboxylic acid groups (broad SMARTS) is 1. The van der Waals surface area contributed by atoms with E-state index in [1.165, 1.54) is 7.11 Å². The Morgan fingerprint density at radius 1 is 1.45 bits per heavy atom. The number of aryl methyl sites for hydroxylation is 1. The summed E-state index contributed by atoms with van der Waals surface area (Å²) in [6.07, 6.45) is 0.403. The molecule has 0 spiro atoms. The van der Waals surface area contributed by atoms with Crippen molar-refractivity contribution in [1.82, 2.24) is 9.78 Å². The second-order valence-corrected chi connectivity index (χ2v) is 4.74. The minimum absolute atomic E-state index is 0.0331. The van der Waals surface area contributed by atoms with Crippen LogP contribution in [0, 0.1) is 6.92 Å². The first-order valence-corrected chi connectivity index (χ1v) is 6.51. The monoisotopic (exact) mass is 294 g/mol. The van der Waals surface area contributed by atoms with Gasteiger partial charge in [-0.3, -0.25) is 4.79 Å². The second-order valence-electron chi connectivity index (χ2n) is 4.33. The van der Waals surface area contributed by atoms with Crippen molar-refractivity contribution in [3.05, 3.63) is 40.5 Å². The zero-order chi connectivity index (χ0) is 14.7. The molecule has 1 N–H and O–H groups in total. The number of nitrogens with zero attached hydrogens (tertiary/aromatic N) is 2. The molecule has 1 aromatic carbocycles. The van der Waals surface area contributed by atoms with Crippen molar-refractivity contribution >= 4 is 17.6 Å². The molecule has 0 bridgehead atoms. The number of rotatable bonds is 5. The topological polar surface area (TPSA) is 64.3 Å². The number of halogens is 1. The lowest BCUT2D eigenvalue weighted by atomic mass is 10.1. The lowest BCUT2D eigenvalue weighted by Crippen LogP contribution is -2.02. The summed E-state index contributed by atoms with van der Waals surface area (Å²) in [6, 6.07) is 7.29. The van der Waals surface area contributed by atoms with Gasteiger partial charge in [0.25, 0.3) is 0 Å². The molecule has 2 aromatic rings.